The van der Waals surface area contributed by atoms with Gasteiger partial charge in [0, 0.05) is 23.5 Å². The van der Waals surface area contributed by atoms with Gasteiger partial charge in [0.15, 0.2) is 0 Å². The van der Waals surface area contributed by atoms with Crippen LogP contribution in [-0.2, 0) is 14.8 Å². The summed E-state index contributed by atoms with van der Waals surface area (Å²) in [6.07, 6.45) is 1.65. The van der Waals surface area contributed by atoms with E-state index in [0.717, 1.165) is 34.0 Å². The zero-order valence-corrected chi connectivity index (χ0v) is 21.0. The molecule has 3 aromatic carbocycles. The quantitative estimate of drug-likeness (QED) is 0.402. The van der Waals surface area contributed by atoms with Gasteiger partial charge in [-0.15, -0.1) is 0 Å². The predicted molar refractivity (Wildman–Crippen MR) is 133 cm³/mol. The number of benzene rings is 3. The van der Waals surface area contributed by atoms with Crippen molar-refractivity contribution in [1.29, 1.82) is 0 Å². The van der Waals surface area contributed by atoms with Crippen molar-refractivity contribution in [2.24, 2.45) is 11.8 Å². The highest BCUT2D eigenvalue weighted by molar-refractivity contribution is 9.10. The topological polar surface area (TPSA) is 46.6 Å². The first kappa shape index (κ1) is 22.8. The molecule has 2 aliphatic heterocycles. The van der Waals surface area contributed by atoms with Crippen LogP contribution in [-0.4, -0.2) is 25.9 Å². The van der Waals surface area contributed by atoms with Crippen molar-refractivity contribution in [2.75, 3.05) is 13.2 Å². The molecule has 5 rings (SSSR count). The van der Waals surface area contributed by atoms with Gasteiger partial charge in [-0.3, -0.25) is 0 Å². The fourth-order valence-electron chi connectivity index (χ4n) is 5.41. The molecule has 0 aliphatic carbocycles. The molecule has 33 heavy (non-hydrogen) atoms. The first-order valence-corrected chi connectivity index (χ1v) is 13.7. The molecule has 6 heteroatoms. The number of hydrogen-bond donors (Lipinski definition) is 0. The van der Waals surface area contributed by atoms with Gasteiger partial charge in [0.25, 0.3) is 0 Å². The van der Waals surface area contributed by atoms with E-state index in [-0.39, 0.29) is 18.1 Å². The lowest BCUT2D eigenvalue weighted by Gasteiger charge is -2.50. The maximum absolute atomic E-state index is 13.9. The molecule has 0 saturated carbocycles. The SMILES string of the molecule is Cc1ccc(S(=O)(=O)N2CC[C@H]3CCO[C@@H](c4ccc(Br)cc4)[C@@H]3[C@H]2c2ccccc2)cc1. The van der Waals surface area contributed by atoms with E-state index in [4.69, 9.17) is 4.74 Å². The molecule has 172 valence electrons. The van der Waals surface area contributed by atoms with E-state index in [0.29, 0.717) is 24.0 Å². The second kappa shape index (κ2) is 9.34. The van der Waals surface area contributed by atoms with Crippen molar-refractivity contribution >= 4 is 26.0 Å². The van der Waals surface area contributed by atoms with Gasteiger partial charge in [0.2, 0.25) is 10.0 Å². The minimum absolute atomic E-state index is 0.0382. The Bertz CT molecular complexity index is 1200. The summed E-state index contributed by atoms with van der Waals surface area (Å²) in [7, 11) is -3.67. The predicted octanol–water partition coefficient (Wildman–Crippen LogP) is 6.29. The second-order valence-corrected chi connectivity index (χ2v) is 11.8. The highest BCUT2D eigenvalue weighted by Crippen LogP contribution is 2.52. The average Bonchev–Trinajstić information content (AvgIpc) is 2.84. The van der Waals surface area contributed by atoms with E-state index in [1.54, 1.807) is 16.4 Å². The first-order chi connectivity index (χ1) is 15.9. The Morgan fingerprint density at radius 3 is 2.27 bits per heavy atom. The van der Waals surface area contributed by atoms with Crippen molar-refractivity contribution in [3.63, 3.8) is 0 Å². The molecule has 0 unspecified atom stereocenters. The molecular weight excluding hydrogens is 498 g/mol. The number of sulfonamides is 1. The van der Waals surface area contributed by atoms with Crippen LogP contribution >= 0.6 is 15.9 Å². The summed E-state index contributed by atoms with van der Waals surface area (Å²) in [5.74, 6) is 0.443. The molecule has 0 radical (unpaired) electrons. The Morgan fingerprint density at radius 1 is 0.879 bits per heavy atom. The maximum Gasteiger partial charge on any atom is 0.243 e. The molecule has 2 fully saturated rings. The molecule has 4 atom stereocenters. The summed E-state index contributed by atoms with van der Waals surface area (Å²) in [4.78, 5) is 0.351. The van der Waals surface area contributed by atoms with Gasteiger partial charge in [-0.25, -0.2) is 8.42 Å². The van der Waals surface area contributed by atoms with Gasteiger partial charge in [0.05, 0.1) is 17.0 Å². The average molecular weight is 526 g/mol. The fraction of sp³-hybridized carbons (Fsp3) is 0.333. The third-order valence-corrected chi connectivity index (χ3v) is 9.47. The second-order valence-electron chi connectivity index (χ2n) is 9.04. The van der Waals surface area contributed by atoms with Gasteiger partial charge < -0.3 is 4.74 Å². The van der Waals surface area contributed by atoms with E-state index in [1.165, 1.54) is 0 Å². The van der Waals surface area contributed by atoms with Crippen LogP contribution in [0.3, 0.4) is 0 Å². The summed E-state index contributed by atoms with van der Waals surface area (Å²) >= 11 is 3.53. The molecule has 0 amide bonds. The fourth-order valence-corrected chi connectivity index (χ4v) is 7.33. The number of piperidine rings is 1. The standard InChI is InChI=1S/C27H28BrNO3S/c1-19-7-13-24(14-8-19)33(30,31)29-17-15-20-16-18-32-27(22-9-11-23(28)12-10-22)25(20)26(29)21-5-3-2-4-6-21/h2-14,20,25-27H,15-18H2,1H3/t20-,25-,26+,27-/m0/s1. The lowest BCUT2D eigenvalue weighted by Crippen LogP contribution is -2.50. The summed E-state index contributed by atoms with van der Waals surface area (Å²) in [6.45, 7) is 3.19. The summed E-state index contributed by atoms with van der Waals surface area (Å²) in [6, 6.07) is 25.2. The third kappa shape index (κ3) is 4.42. The zero-order chi connectivity index (χ0) is 23.0. The molecule has 0 spiro atoms. The maximum atomic E-state index is 13.9. The number of aryl methyl sites for hydroxylation is 1. The third-order valence-electron chi connectivity index (χ3n) is 7.04. The summed E-state index contributed by atoms with van der Waals surface area (Å²) in [5.41, 5.74) is 3.17. The molecule has 0 aromatic heterocycles. The van der Waals surface area contributed by atoms with Crippen LogP contribution in [0.2, 0.25) is 0 Å². The molecular formula is C27H28BrNO3S. The summed E-state index contributed by atoms with van der Waals surface area (Å²) < 4.78 is 37.0. The molecule has 3 aromatic rings. The van der Waals surface area contributed by atoms with Crippen molar-refractivity contribution in [2.45, 2.75) is 36.8 Å². The van der Waals surface area contributed by atoms with Gasteiger partial charge in [0.1, 0.15) is 0 Å². The van der Waals surface area contributed by atoms with Crippen molar-refractivity contribution in [1.82, 2.24) is 4.31 Å². The minimum atomic E-state index is -3.67. The van der Waals surface area contributed by atoms with E-state index in [1.807, 2.05) is 49.4 Å². The summed E-state index contributed by atoms with van der Waals surface area (Å²) in [5, 5.41) is 0. The zero-order valence-electron chi connectivity index (χ0n) is 18.6. The van der Waals surface area contributed by atoms with Crippen molar-refractivity contribution < 1.29 is 13.2 Å². The molecule has 0 N–H and O–H groups in total. The van der Waals surface area contributed by atoms with Crippen LogP contribution in [0, 0.1) is 18.8 Å². The highest BCUT2D eigenvalue weighted by atomic mass is 79.9. The number of halogens is 1. The number of rotatable bonds is 4. The van der Waals surface area contributed by atoms with E-state index >= 15 is 0 Å². The number of nitrogens with zero attached hydrogens (tertiary/aromatic N) is 1. The molecule has 2 heterocycles. The van der Waals surface area contributed by atoms with E-state index < -0.39 is 10.0 Å². The number of ether oxygens (including phenoxy) is 1. The normalized spacial score (nSPS) is 26.0. The van der Waals surface area contributed by atoms with Crippen molar-refractivity contribution in [3.8, 4) is 0 Å². The smallest absolute Gasteiger partial charge is 0.243 e. The van der Waals surface area contributed by atoms with Crippen LogP contribution in [0.1, 0.15) is 41.7 Å². The number of fused-ring (bicyclic) bond motifs is 1. The Morgan fingerprint density at radius 2 is 1.58 bits per heavy atom. The first-order valence-electron chi connectivity index (χ1n) is 11.5. The van der Waals surface area contributed by atoms with Crippen LogP contribution in [0.4, 0.5) is 0 Å². The lowest BCUT2D eigenvalue weighted by molar-refractivity contribution is -0.100. The molecule has 2 saturated heterocycles. The van der Waals surface area contributed by atoms with Gasteiger partial charge in [-0.1, -0.05) is 76.1 Å². The van der Waals surface area contributed by atoms with Crippen LogP contribution in [0.5, 0.6) is 0 Å². The Hall–Kier alpha value is -1.99. The molecule has 0 bridgehead atoms. The Kier molecular flexibility index (Phi) is 6.45. The Balaban J connectivity index is 1.62. The van der Waals surface area contributed by atoms with Crippen LogP contribution in [0.25, 0.3) is 0 Å². The van der Waals surface area contributed by atoms with Gasteiger partial charge in [-0.2, -0.15) is 4.31 Å². The van der Waals surface area contributed by atoms with Gasteiger partial charge >= 0.3 is 0 Å². The van der Waals surface area contributed by atoms with Gasteiger partial charge in [-0.05, 0) is 61.1 Å². The molecule has 4 nitrogen and oxygen atoms in total. The minimum Gasteiger partial charge on any atom is -0.373 e. The highest BCUT2D eigenvalue weighted by Gasteiger charge is 2.49. The van der Waals surface area contributed by atoms with Crippen LogP contribution in [0.15, 0.2) is 88.2 Å². The lowest BCUT2D eigenvalue weighted by atomic mass is 9.70. The Labute approximate surface area is 204 Å². The number of hydrogen-bond acceptors (Lipinski definition) is 3. The van der Waals surface area contributed by atoms with Crippen LogP contribution < -0.4 is 0 Å². The van der Waals surface area contributed by atoms with E-state index in [2.05, 4.69) is 40.2 Å². The largest absolute Gasteiger partial charge is 0.373 e. The van der Waals surface area contributed by atoms with Crippen molar-refractivity contribution in [3.05, 3.63) is 100 Å². The monoisotopic (exact) mass is 525 g/mol. The molecule has 2 aliphatic rings. The van der Waals surface area contributed by atoms with E-state index in [9.17, 15) is 8.42 Å².